The number of thiophene rings is 1. The summed E-state index contributed by atoms with van der Waals surface area (Å²) in [5.41, 5.74) is -0.0824. The number of sulfonamides is 1. The Bertz CT molecular complexity index is 1150. The van der Waals surface area contributed by atoms with Crippen LogP contribution in [0.5, 0.6) is 0 Å². The van der Waals surface area contributed by atoms with Crippen LogP contribution in [0.4, 0.5) is 14.5 Å². The van der Waals surface area contributed by atoms with Gasteiger partial charge in [0.05, 0.1) is 24.4 Å². The van der Waals surface area contributed by atoms with Gasteiger partial charge in [-0.15, -0.1) is 11.3 Å². The van der Waals surface area contributed by atoms with Crippen molar-refractivity contribution in [3.05, 3.63) is 71.5 Å². The van der Waals surface area contributed by atoms with Gasteiger partial charge in [0.15, 0.2) is 0 Å². The predicted molar refractivity (Wildman–Crippen MR) is 112 cm³/mol. The van der Waals surface area contributed by atoms with Gasteiger partial charge in [-0.05, 0) is 48.6 Å². The second-order valence-corrected chi connectivity index (χ2v) is 10.3. The molecule has 1 aromatic carbocycles. The lowest BCUT2D eigenvalue weighted by molar-refractivity contribution is -0.123. The minimum Gasteiger partial charge on any atom is -0.467 e. The third-order valence-electron chi connectivity index (χ3n) is 5.18. The van der Waals surface area contributed by atoms with Gasteiger partial charge in [-0.3, -0.25) is 4.79 Å². The van der Waals surface area contributed by atoms with Crippen molar-refractivity contribution in [2.24, 2.45) is 5.92 Å². The molecule has 1 unspecified atom stereocenters. The van der Waals surface area contributed by atoms with E-state index in [0.29, 0.717) is 31.2 Å². The summed E-state index contributed by atoms with van der Waals surface area (Å²) in [7, 11) is -3.70. The molecular weight excluding hydrogens is 446 g/mol. The van der Waals surface area contributed by atoms with E-state index in [-0.39, 0.29) is 23.0 Å². The minimum absolute atomic E-state index is 0.00344. The SMILES string of the molecule is O=C(C1CCCN(S(=O)(=O)c2cccs2)C1)N(Cc1ccco1)c1ccc(F)cc1F. The molecule has 0 N–H and O–H groups in total. The van der Waals surface area contributed by atoms with Crippen LogP contribution in [0, 0.1) is 17.6 Å². The highest BCUT2D eigenvalue weighted by Crippen LogP contribution is 2.30. The van der Waals surface area contributed by atoms with E-state index in [1.54, 1.807) is 23.6 Å². The summed E-state index contributed by atoms with van der Waals surface area (Å²) < 4.78 is 60.6. The molecule has 0 bridgehead atoms. The Morgan fingerprint density at radius 2 is 2.06 bits per heavy atom. The molecule has 1 aliphatic heterocycles. The molecule has 3 aromatic rings. The first-order chi connectivity index (χ1) is 14.9. The summed E-state index contributed by atoms with van der Waals surface area (Å²) in [5.74, 6) is -2.30. The molecule has 0 spiro atoms. The number of carbonyl (C=O) groups is 1. The van der Waals surface area contributed by atoms with Crippen molar-refractivity contribution >= 4 is 33.0 Å². The topological polar surface area (TPSA) is 70.8 Å². The molecule has 1 atom stereocenters. The van der Waals surface area contributed by atoms with Crippen LogP contribution in [0.1, 0.15) is 18.6 Å². The Hall–Kier alpha value is -2.56. The van der Waals surface area contributed by atoms with Crippen molar-refractivity contribution in [3.8, 4) is 0 Å². The number of hydrogen-bond donors (Lipinski definition) is 0. The smallest absolute Gasteiger partial charge is 0.252 e. The highest BCUT2D eigenvalue weighted by Gasteiger charge is 2.36. The average Bonchev–Trinajstić information content (AvgIpc) is 3.47. The van der Waals surface area contributed by atoms with Gasteiger partial charge in [0.2, 0.25) is 5.91 Å². The number of hydrogen-bond acceptors (Lipinski definition) is 5. The van der Waals surface area contributed by atoms with Gasteiger partial charge < -0.3 is 9.32 Å². The first-order valence-corrected chi connectivity index (χ1v) is 12.0. The van der Waals surface area contributed by atoms with E-state index in [2.05, 4.69) is 0 Å². The number of rotatable bonds is 6. The summed E-state index contributed by atoms with van der Waals surface area (Å²) in [6.45, 7) is 0.256. The summed E-state index contributed by atoms with van der Waals surface area (Å²) in [5, 5.41) is 1.68. The summed E-state index contributed by atoms with van der Waals surface area (Å²) >= 11 is 1.12. The highest BCUT2D eigenvalue weighted by molar-refractivity contribution is 7.91. The van der Waals surface area contributed by atoms with Crippen LogP contribution < -0.4 is 4.90 Å². The zero-order valence-corrected chi connectivity index (χ0v) is 18.0. The lowest BCUT2D eigenvalue weighted by atomic mass is 9.97. The van der Waals surface area contributed by atoms with Gasteiger partial charge >= 0.3 is 0 Å². The van der Waals surface area contributed by atoms with E-state index in [4.69, 9.17) is 4.42 Å². The minimum atomic E-state index is -3.70. The molecule has 1 aliphatic rings. The fraction of sp³-hybridized carbons (Fsp3) is 0.286. The molecule has 164 valence electrons. The van der Waals surface area contributed by atoms with Crippen LogP contribution >= 0.6 is 11.3 Å². The normalized spacial score (nSPS) is 17.5. The molecule has 4 rings (SSSR count). The van der Waals surface area contributed by atoms with Crippen molar-refractivity contribution < 1.29 is 26.4 Å². The van der Waals surface area contributed by atoms with Crippen molar-refractivity contribution in [2.45, 2.75) is 23.6 Å². The van der Waals surface area contributed by atoms with Crippen molar-refractivity contribution in [1.82, 2.24) is 4.31 Å². The Balaban J connectivity index is 1.61. The Morgan fingerprint density at radius 3 is 2.74 bits per heavy atom. The van der Waals surface area contributed by atoms with Crippen molar-refractivity contribution in [3.63, 3.8) is 0 Å². The van der Waals surface area contributed by atoms with Crippen LogP contribution in [0.3, 0.4) is 0 Å². The Labute approximate surface area is 182 Å². The molecule has 2 aromatic heterocycles. The number of amides is 1. The van der Waals surface area contributed by atoms with E-state index in [0.717, 1.165) is 17.4 Å². The summed E-state index contributed by atoms with van der Waals surface area (Å²) in [6, 6.07) is 9.48. The maximum atomic E-state index is 14.5. The number of anilines is 1. The van der Waals surface area contributed by atoms with Crippen LogP contribution in [-0.2, 0) is 21.4 Å². The number of halogens is 2. The molecule has 1 amide bonds. The molecule has 1 fully saturated rings. The van der Waals surface area contributed by atoms with Crippen LogP contribution in [0.25, 0.3) is 0 Å². The third-order valence-corrected chi connectivity index (χ3v) is 8.42. The molecule has 10 heteroatoms. The number of piperidine rings is 1. The lowest BCUT2D eigenvalue weighted by Crippen LogP contribution is -2.46. The first-order valence-electron chi connectivity index (χ1n) is 9.69. The van der Waals surface area contributed by atoms with E-state index in [1.165, 1.54) is 27.6 Å². The molecule has 0 radical (unpaired) electrons. The van der Waals surface area contributed by atoms with Gasteiger partial charge in [0, 0.05) is 19.2 Å². The monoisotopic (exact) mass is 466 g/mol. The molecule has 6 nitrogen and oxygen atoms in total. The quantitative estimate of drug-likeness (QED) is 0.545. The first kappa shape index (κ1) is 21.7. The molecule has 31 heavy (non-hydrogen) atoms. The van der Waals surface area contributed by atoms with Gasteiger partial charge in [-0.25, -0.2) is 17.2 Å². The van der Waals surface area contributed by atoms with Gasteiger partial charge in [-0.2, -0.15) is 4.31 Å². The van der Waals surface area contributed by atoms with Crippen molar-refractivity contribution in [1.29, 1.82) is 0 Å². The van der Waals surface area contributed by atoms with Crippen molar-refractivity contribution in [2.75, 3.05) is 18.0 Å². The van der Waals surface area contributed by atoms with E-state index in [9.17, 15) is 22.0 Å². The number of nitrogens with zero attached hydrogens (tertiary/aromatic N) is 2. The number of benzene rings is 1. The fourth-order valence-electron chi connectivity index (χ4n) is 3.66. The fourth-order valence-corrected chi connectivity index (χ4v) is 6.33. The van der Waals surface area contributed by atoms with E-state index < -0.39 is 33.5 Å². The highest BCUT2D eigenvalue weighted by atomic mass is 32.2. The number of carbonyl (C=O) groups excluding carboxylic acids is 1. The average molecular weight is 467 g/mol. The van der Waals surface area contributed by atoms with Crippen LogP contribution in [0.15, 0.2) is 62.7 Å². The second-order valence-electron chi connectivity index (χ2n) is 7.23. The molecule has 3 heterocycles. The van der Waals surface area contributed by atoms with Gasteiger partial charge in [0.25, 0.3) is 10.0 Å². The maximum absolute atomic E-state index is 14.5. The predicted octanol–water partition coefficient (Wildman–Crippen LogP) is 4.25. The zero-order valence-electron chi connectivity index (χ0n) is 16.4. The van der Waals surface area contributed by atoms with E-state index >= 15 is 0 Å². The Morgan fingerprint density at radius 1 is 1.23 bits per heavy atom. The standard InChI is InChI=1S/C21H20F2N2O4S2/c22-16-7-8-19(18(23)12-16)25(14-17-5-2-10-29-17)21(26)15-4-1-9-24(13-15)31(27,28)20-6-3-11-30-20/h2-3,5-8,10-12,15H,1,4,9,13-14H2. The van der Waals surface area contributed by atoms with Crippen LogP contribution in [0.2, 0.25) is 0 Å². The summed E-state index contributed by atoms with van der Waals surface area (Å²) in [4.78, 5) is 14.6. The summed E-state index contributed by atoms with van der Waals surface area (Å²) in [6.07, 6.45) is 2.41. The molecular formula is C21H20F2N2O4S2. The molecule has 0 aliphatic carbocycles. The lowest BCUT2D eigenvalue weighted by Gasteiger charge is -2.34. The molecule has 0 saturated carbocycles. The second kappa shape index (κ2) is 8.89. The molecule has 1 saturated heterocycles. The van der Waals surface area contributed by atoms with Gasteiger partial charge in [-0.1, -0.05) is 6.07 Å². The van der Waals surface area contributed by atoms with Crippen LogP contribution in [-0.4, -0.2) is 31.7 Å². The zero-order chi connectivity index (χ0) is 22.0. The largest absolute Gasteiger partial charge is 0.467 e. The van der Waals surface area contributed by atoms with Gasteiger partial charge in [0.1, 0.15) is 21.6 Å². The number of furan rings is 1. The Kier molecular flexibility index (Phi) is 6.22. The third kappa shape index (κ3) is 4.56. The maximum Gasteiger partial charge on any atom is 0.252 e. The van der Waals surface area contributed by atoms with E-state index in [1.807, 2.05) is 0 Å².